The molecule has 2 aromatic carbocycles. The van der Waals surface area contributed by atoms with Crippen LogP contribution in [0.2, 0.25) is 0 Å². The lowest BCUT2D eigenvalue weighted by Gasteiger charge is -2.27. The molecule has 0 bridgehead atoms. The minimum absolute atomic E-state index is 0.141. The highest BCUT2D eigenvalue weighted by Crippen LogP contribution is 2.35. The van der Waals surface area contributed by atoms with Crippen LogP contribution in [-0.2, 0) is 6.42 Å². The van der Waals surface area contributed by atoms with E-state index in [1.807, 2.05) is 19.1 Å². The Balaban J connectivity index is 1.97. The fourth-order valence-electron chi connectivity index (χ4n) is 4.48. The number of fused-ring (bicyclic) bond motifs is 1. The summed E-state index contributed by atoms with van der Waals surface area (Å²) in [7, 11) is 0. The van der Waals surface area contributed by atoms with Gasteiger partial charge >= 0.3 is 0 Å². The third-order valence-electron chi connectivity index (χ3n) is 6.22. The molecule has 7 nitrogen and oxygen atoms in total. The van der Waals surface area contributed by atoms with E-state index in [-0.39, 0.29) is 13.2 Å². The summed E-state index contributed by atoms with van der Waals surface area (Å²) >= 11 is 0. The number of nitrogens with zero attached hydrogens (tertiary/aromatic N) is 4. The van der Waals surface area contributed by atoms with Crippen LogP contribution in [0.25, 0.3) is 17.2 Å². The maximum atomic E-state index is 11.3. The van der Waals surface area contributed by atoms with Crippen molar-refractivity contribution in [3.8, 4) is 11.1 Å². The lowest BCUT2D eigenvalue weighted by Crippen LogP contribution is -2.26. The van der Waals surface area contributed by atoms with E-state index < -0.39 is 0 Å². The number of allylic oxidation sites excluding steroid dienone is 1. The van der Waals surface area contributed by atoms with Gasteiger partial charge in [0, 0.05) is 30.8 Å². The first-order chi connectivity index (χ1) is 16.9. The smallest absolute Gasteiger partial charge is 0.104 e. The number of hydrogen-bond acceptors (Lipinski definition) is 6. The van der Waals surface area contributed by atoms with Crippen LogP contribution in [0.1, 0.15) is 51.2 Å². The van der Waals surface area contributed by atoms with Crippen molar-refractivity contribution in [2.75, 3.05) is 31.3 Å². The number of hydrogen-bond donors (Lipinski definition) is 2. The van der Waals surface area contributed by atoms with Crippen molar-refractivity contribution >= 4 is 23.3 Å². The molecule has 1 heterocycles. The molecular formula is C28H37N5O2. The first kappa shape index (κ1) is 26.2. The van der Waals surface area contributed by atoms with E-state index in [0.717, 1.165) is 71.6 Å². The zero-order valence-electron chi connectivity index (χ0n) is 21.1. The molecule has 3 rings (SSSR count). The van der Waals surface area contributed by atoms with Crippen LogP contribution in [-0.4, -0.2) is 42.1 Å². The second-order valence-electron chi connectivity index (χ2n) is 8.78. The first-order valence-electron chi connectivity index (χ1n) is 12.4. The van der Waals surface area contributed by atoms with Gasteiger partial charge < -0.3 is 15.7 Å². The molecule has 0 atom stereocenters. The summed E-state index contributed by atoms with van der Waals surface area (Å²) in [6.07, 6.45) is 5.59. The fourth-order valence-corrected chi connectivity index (χ4v) is 4.48. The van der Waals surface area contributed by atoms with Gasteiger partial charge in [0.2, 0.25) is 0 Å². The molecule has 0 saturated heterocycles. The number of rotatable bonds is 12. The van der Waals surface area contributed by atoms with Crippen molar-refractivity contribution in [1.29, 1.82) is 0 Å². The summed E-state index contributed by atoms with van der Waals surface area (Å²) in [6.45, 7) is 12.7. The van der Waals surface area contributed by atoms with E-state index in [4.69, 9.17) is 10.7 Å². The molecule has 2 aromatic rings. The van der Waals surface area contributed by atoms with Crippen molar-refractivity contribution in [3.05, 3.63) is 70.3 Å². The molecule has 0 unspecified atom stereocenters. The summed E-state index contributed by atoms with van der Waals surface area (Å²) in [4.78, 5) is 18.3. The van der Waals surface area contributed by atoms with E-state index in [1.54, 1.807) is 0 Å². The minimum Gasteiger partial charge on any atom is -0.394 e. The standard InChI is InChI=1S/C28H37N5O2/c1-5-12-32(13-6-2)20(4)25-17-24-9-8-23(18-26(24)30-28(29)19-25)22-10-11-27(21(7-3)16-22)33(31-35)14-15-34/h8-11,16-18,34H,4-7,12-15,19H2,1-3H3,(H2,29,30). The molecule has 35 heavy (non-hydrogen) atoms. The average Bonchev–Trinajstić information content (AvgIpc) is 3.03. The van der Waals surface area contributed by atoms with E-state index >= 15 is 0 Å². The Kier molecular flexibility index (Phi) is 9.20. The maximum absolute atomic E-state index is 11.3. The number of nitrogens with two attached hydrogens (primary N) is 1. The number of aliphatic imine (C=N–C) groups is 1. The topological polar surface area (TPSA) is 94.5 Å². The monoisotopic (exact) mass is 475 g/mol. The zero-order chi connectivity index (χ0) is 25.4. The van der Waals surface area contributed by atoms with E-state index in [2.05, 4.69) is 61.0 Å². The van der Waals surface area contributed by atoms with E-state index in [1.165, 1.54) is 5.01 Å². The number of anilines is 1. The second kappa shape index (κ2) is 12.3. The van der Waals surface area contributed by atoms with Crippen LogP contribution in [0.3, 0.4) is 0 Å². The largest absolute Gasteiger partial charge is 0.394 e. The van der Waals surface area contributed by atoms with Crippen LogP contribution in [0, 0.1) is 4.91 Å². The Labute approximate surface area is 208 Å². The highest BCUT2D eigenvalue weighted by molar-refractivity contribution is 5.92. The minimum atomic E-state index is -0.141. The normalized spacial score (nSPS) is 12.8. The summed E-state index contributed by atoms with van der Waals surface area (Å²) in [5.74, 6) is 0.572. The SMILES string of the molecule is C=C(C1=Cc2ccc(-c3ccc(N(CCO)N=O)c(CC)c3)cc2N=C(N)C1)N(CCC)CCC. The van der Waals surface area contributed by atoms with Crippen LogP contribution < -0.4 is 10.7 Å². The van der Waals surface area contributed by atoms with Gasteiger partial charge in [0.1, 0.15) is 5.84 Å². The molecule has 1 aliphatic heterocycles. The lowest BCUT2D eigenvalue weighted by atomic mass is 9.97. The predicted molar refractivity (Wildman–Crippen MR) is 147 cm³/mol. The molecular weight excluding hydrogens is 438 g/mol. The third kappa shape index (κ3) is 6.17. The van der Waals surface area contributed by atoms with E-state index in [9.17, 15) is 10.0 Å². The van der Waals surface area contributed by atoms with Crippen molar-refractivity contribution in [3.63, 3.8) is 0 Å². The number of aliphatic hydroxyl groups is 1. The third-order valence-corrected chi connectivity index (χ3v) is 6.22. The van der Waals surface area contributed by atoms with Crippen molar-refractivity contribution in [2.45, 2.75) is 46.5 Å². The molecule has 0 amide bonds. The number of aliphatic hydroxyl groups excluding tert-OH is 1. The van der Waals surface area contributed by atoms with Crippen molar-refractivity contribution in [1.82, 2.24) is 4.90 Å². The molecule has 1 aliphatic rings. The van der Waals surface area contributed by atoms with Gasteiger partial charge in [-0.25, -0.2) is 10.0 Å². The molecule has 0 fully saturated rings. The zero-order valence-corrected chi connectivity index (χ0v) is 21.1. The van der Waals surface area contributed by atoms with Gasteiger partial charge in [0.15, 0.2) is 0 Å². The molecule has 3 N–H and O–H groups in total. The fraction of sp³-hybridized carbons (Fsp3) is 0.393. The Morgan fingerprint density at radius 2 is 1.77 bits per heavy atom. The van der Waals surface area contributed by atoms with Gasteiger partial charge in [0.05, 0.1) is 29.8 Å². The molecule has 7 heteroatoms. The van der Waals surface area contributed by atoms with Crippen LogP contribution in [0.15, 0.2) is 64.5 Å². The van der Waals surface area contributed by atoms with Gasteiger partial charge in [-0.2, -0.15) is 0 Å². The predicted octanol–water partition coefficient (Wildman–Crippen LogP) is 5.81. The molecule has 0 aromatic heterocycles. The highest BCUT2D eigenvalue weighted by atomic mass is 16.3. The Morgan fingerprint density at radius 3 is 2.40 bits per heavy atom. The van der Waals surface area contributed by atoms with Gasteiger partial charge in [0.25, 0.3) is 0 Å². The quantitative estimate of drug-likeness (QED) is 0.298. The average molecular weight is 476 g/mol. The van der Waals surface area contributed by atoms with Crippen molar-refractivity contribution < 1.29 is 5.11 Å². The first-order valence-corrected chi connectivity index (χ1v) is 12.4. The molecule has 0 aliphatic carbocycles. The van der Waals surface area contributed by atoms with Crippen molar-refractivity contribution in [2.24, 2.45) is 16.0 Å². The Morgan fingerprint density at radius 1 is 1.09 bits per heavy atom. The van der Waals surface area contributed by atoms with Gasteiger partial charge in [-0.1, -0.05) is 45.5 Å². The van der Waals surface area contributed by atoms with E-state index in [0.29, 0.717) is 17.9 Å². The highest BCUT2D eigenvalue weighted by Gasteiger charge is 2.17. The lowest BCUT2D eigenvalue weighted by molar-refractivity contribution is 0.302. The number of aryl methyl sites for hydroxylation is 1. The van der Waals surface area contributed by atoms with Gasteiger partial charge in [-0.3, -0.25) is 0 Å². The number of amidine groups is 1. The van der Waals surface area contributed by atoms with Gasteiger partial charge in [-0.05, 0) is 65.8 Å². The Bertz CT molecular complexity index is 1120. The molecule has 186 valence electrons. The number of nitroso groups, excluding NO2 is 1. The summed E-state index contributed by atoms with van der Waals surface area (Å²) in [5.41, 5.74) is 14.0. The number of benzene rings is 2. The molecule has 0 spiro atoms. The van der Waals surface area contributed by atoms with Gasteiger partial charge in [-0.15, -0.1) is 4.91 Å². The summed E-state index contributed by atoms with van der Waals surface area (Å²) < 4.78 is 0. The summed E-state index contributed by atoms with van der Waals surface area (Å²) in [6, 6.07) is 12.1. The van der Waals surface area contributed by atoms with Crippen LogP contribution in [0.5, 0.6) is 0 Å². The Hall–Kier alpha value is -3.45. The second-order valence-corrected chi connectivity index (χ2v) is 8.78. The maximum Gasteiger partial charge on any atom is 0.104 e. The van der Waals surface area contributed by atoms with Crippen LogP contribution >= 0.6 is 0 Å². The summed E-state index contributed by atoms with van der Waals surface area (Å²) in [5, 5.41) is 13.6. The molecule has 0 radical (unpaired) electrons. The molecule has 0 saturated carbocycles. The van der Waals surface area contributed by atoms with Crippen LogP contribution in [0.4, 0.5) is 11.4 Å².